The summed E-state index contributed by atoms with van der Waals surface area (Å²) < 4.78 is 41.5. The quantitative estimate of drug-likeness (QED) is 0.386. The molecule has 2 saturated heterocycles. The zero-order valence-corrected chi connectivity index (χ0v) is 22.2. The normalized spacial score (nSPS) is 41.6. The molecule has 6 atom stereocenters. The van der Waals surface area contributed by atoms with Crippen LogP contribution < -0.4 is 11.5 Å². The van der Waals surface area contributed by atoms with Crippen LogP contribution in [0.2, 0.25) is 6.32 Å². The van der Waals surface area contributed by atoms with E-state index in [-0.39, 0.29) is 43.9 Å². The van der Waals surface area contributed by atoms with Crippen LogP contribution in [0.15, 0.2) is 0 Å². The second-order valence-electron chi connectivity index (χ2n) is 12.8. The van der Waals surface area contributed by atoms with E-state index in [0.29, 0.717) is 31.0 Å². The van der Waals surface area contributed by atoms with E-state index in [2.05, 4.69) is 20.8 Å². The van der Waals surface area contributed by atoms with Gasteiger partial charge < -0.3 is 25.9 Å². The van der Waals surface area contributed by atoms with Gasteiger partial charge in [-0.3, -0.25) is 4.79 Å². The molecule has 0 spiro atoms. The Morgan fingerprint density at radius 2 is 1.91 bits per heavy atom. The molecule has 2 bridgehead atoms. The smallest absolute Gasteiger partial charge is 0.457 e. The average molecular weight is 512 g/mol. The molecule has 0 unspecified atom stereocenters. The summed E-state index contributed by atoms with van der Waals surface area (Å²) in [6.07, 6.45) is 5.67. The molecule has 4 aliphatic carbocycles. The lowest BCUT2D eigenvalue weighted by atomic mass is 9.43. The fourth-order valence-corrected chi connectivity index (χ4v) is 8.87. The summed E-state index contributed by atoms with van der Waals surface area (Å²) in [5.74, 6) is -0.502. The fraction of sp³-hybridized carbons (Fsp3) is 0.957. The molecule has 6 fully saturated rings. The maximum Gasteiger partial charge on any atom is 0.457 e. The molecule has 0 aromatic carbocycles. The molecular weight excluding hydrogens is 471 g/mol. The van der Waals surface area contributed by atoms with Gasteiger partial charge in [-0.05, 0) is 62.6 Å². The Bertz CT molecular complexity index is 992. The minimum absolute atomic E-state index is 0.0811. The zero-order valence-electron chi connectivity index (χ0n) is 21.4. The van der Waals surface area contributed by atoms with Gasteiger partial charge in [-0.25, -0.2) is 0 Å². The number of aliphatic carboxylic acids is 1. The van der Waals surface area contributed by atoms with Crippen molar-refractivity contribution < 1.29 is 27.6 Å². The molecule has 5 N–H and O–H groups in total. The average Bonchev–Trinajstić information content (AvgIpc) is 3.22. The third kappa shape index (κ3) is 4.07. The molecule has 10 nitrogen and oxygen atoms in total. The first-order chi connectivity index (χ1) is 16.1. The molecule has 12 heteroatoms. The zero-order chi connectivity index (χ0) is 25.6. The van der Waals surface area contributed by atoms with Crippen LogP contribution in [0.4, 0.5) is 0 Å². The van der Waals surface area contributed by atoms with E-state index in [0.717, 1.165) is 19.3 Å². The summed E-state index contributed by atoms with van der Waals surface area (Å²) in [5.41, 5.74) is 10.3. The maximum atomic E-state index is 13.2. The molecule has 0 aromatic rings. The monoisotopic (exact) mass is 512 g/mol. The van der Waals surface area contributed by atoms with E-state index in [1.165, 1.54) is 22.1 Å². The van der Waals surface area contributed by atoms with Crippen molar-refractivity contribution in [2.45, 2.75) is 88.4 Å². The Morgan fingerprint density at radius 3 is 2.51 bits per heavy atom. The molecule has 6 aliphatic rings. The highest BCUT2D eigenvalue weighted by Crippen LogP contribution is 2.65. The first-order valence-electron chi connectivity index (χ1n) is 13.0. The van der Waals surface area contributed by atoms with E-state index >= 15 is 0 Å². The van der Waals surface area contributed by atoms with Gasteiger partial charge in [0.25, 0.3) is 10.2 Å². The molecule has 2 heterocycles. The van der Waals surface area contributed by atoms with Crippen LogP contribution in [0.5, 0.6) is 0 Å². The largest absolute Gasteiger partial charge is 0.480 e. The number of hydrogen-bond donors (Lipinski definition) is 3. The van der Waals surface area contributed by atoms with Gasteiger partial charge in [0, 0.05) is 38.1 Å². The van der Waals surface area contributed by atoms with Crippen LogP contribution in [-0.4, -0.2) is 84.7 Å². The predicted molar refractivity (Wildman–Crippen MR) is 131 cm³/mol. The molecule has 4 saturated carbocycles. The lowest BCUT2D eigenvalue weighted by molar-refractivity contribution is -0.199. The Labute approximate surface area is 209 Å². The summed E-state index contributed by atoms with van der Waals surface area (Å²) in [6, 6.07) is 0. The van der Waals surface area contributed by atoms with Crippen molar-refractivity contribution in [3.63, 3.8) is 0 Å². The van der Waals surface area contributed by atoms with Gasteiger partial charge in [-0.2, -0.15) is 17.0 Å². The first kappa shape index (κ1) is 25.9. The van der Waals surface area contributed by atoms with E-state index in [1.807, 2.05) is 0 Å². The van der Waals surface area contributed by atoms with Crippen molar-refractivity contribution in [2.24, 2.45) is 34.6 Å². The fourth-order valence-electron chi connectivity index (χ4n) is 7.31. The third-order valence-corrected chi connectivity index (χ3v) is 12.0. The van der Waals surface area contributed by atoms with Crippen molar-refractivity contribution in [3.05, 3.63) is 0 Å². The van der Waals surface area contributed by atoms with Crippen LogP contribution >= 0.6 is 0 Å². The van der Waals surface area contributed by atoms with E-state index < -0.39 is 33.2 Å². The highest BCUT2D eigenvalue weighted by molar-refractivity contribution is 7.86. The predicted octanol–water partition coefficient (Wildman–Crippen LogP) is 0.877. The molecule has 0 aromatic heterocycles. The number of likely N-dealkylation sites (N-methyl/N-ethyl adjacent to an activating group) is 1. The minimum Gasteiger partial charge on any atom is -0.480 e. The van der Waals surface area contributed by atoms with Gasteiger partial charge in [0.05, 0.1) is 11.7 Å². The molecule has 2 aliphatic heterocycles. The lowest BCUT2D eigenvalue weighted by Crippen LogP contribution is -2.65. The van der Waals surface area contributed by atoms with Crippen LogP contribution in [0.1, 0.15) is 59.3 Å². The minimum atomic E-state index is -3.85. The van der Waals surface area contributed by atoms with Gasteiger partial charge in [-0.1, -0.05) is 20.3 Å². The Kier molecular flexibility index (Phi) is 6.00. The summed E-state index contributed by atoms with van der Waals surface area (Å²) in [7, 11) is -2.67. The maximum absolute atomic E-state index is 13.2. The van der Waals surface area contributed by atoms with Gasteiger partial charge in [0.2, 0.25) is 0 Å². The third-order valence-electron chi connectivity index (χ3n) is 10.1. The van der Waals surface area contributed by atoms with E-state index in [4.69, 9.17) is 20.8 Å². The van der Waals surface area contributed by atoms with Crippen molar-refractivity contribution >= 4 is 23.3 Å². The van der Waals surface area contributed by atoms with Gasteiger partial charge in [0.1, 0.15) is 5.54 Å². The summed E-state index contributed by atoms with van der Waals surface area (Å²) >= 11 is 0. The van der Waals surface area contributed by atoms with Crippen molar-refractivity contribution in [3.8, 4) is 0 Å². The SMILES string of the molecule is CN(CC1(N)CC1)S(=O)(=O)N1C[C@H](CCCB2O[C@H]3C[C@H]4C[C@H](C4(C)C)[C@@]3(C)O2)[C@](N)(C(=O)O)C1. The molecule has 0 amide bonds. The lowest BCUT2D eigenvalue weighted by Gasteiger charge is -2.64. The van der Waals surface area contributed by atoms with Crippen LogP contribution in [0, 0.1) is 23.2 Å². The summed E-state index contributed by atoms with van der Waals surface area (Å²) in [6.45, 7) is 6.88. The number of nitrogens with zero attached hydrogens (tertiary/aromatic N) is 2. The second kappa shape index (κ2) is 8.12. The van der Waals surface area contributed by atoms with Crippen molar-refractivity contribution in [2.75, 3.05) is 26.7 Å². The Hall–Kier alpha value is -0.755. The topological polar surface area (TPSA) is 148 Å². The van der Waals surface area contributed by atoms with Crippen molar-refractivity contribution in [1.29, 1.82) is 0 Å². The Morgan fingerprint density at radius 1 is 1.23 bits per heavy atom. The molecule has 198 valence electrons. The van der Waals surface area contributed by atoms with Crippen LogP contribution in [0.25, 0.3) is 0 Å². The van der Waals surface area contributed by atoms with Gasteiger partial charge in [0.15, 0.2) is 0 Å². The van der Waals surface area contributed by atoms with Crippen LogP contribution in [0.3, 0.4) is 0 Å². The van der Waals surface area contributed by atoms with E-state index in [1.54, 1.807) is 0 Å². The standard InChI is InChI=1S/C23H41BN4O6S/c1-20(2)16-10-17(20)21(3)18(11-16)33-24(34-21)9-5-6-15-12-28(14-23(15,26)19(29)30)35(31,32)27(4)13-22(25)7-8-22/h15-18H,5-14,25-26H2,1-4H3,(H,29,30)/t15-,16+,17+,18-,21+,23-/m0/s1. The number of carbonyl (C=O) groups is 1. The number of carboxylic acid groups (broad SMARTS) is 1. The molecule has 0 radical (unpaired) electrons. The molecule has 6 rings (SSSR count). The molecule has 35 heavy (non-hydrogen) atoms. The molecular formula is C23H41BN4O6S. The first-order valence-corrected chi connectivity index (χ1v) is 14.4. The summed E-state index contributed by atoms with van der Waals surface area (Å²) in [4.78, 5) is 12.1. The van der Waals surface area contributed by atoms with Crippen LogP contribution in [-0.2, 0) is 24.3 Å². The van der Waals surface area contributed by atoms with Gasteiger partial charge in [-0.15, -0.1) is 0 Å². The second-order valence-corrected chi connectivity index (χ2v) is 14.8. The number of hydrogen-bond acceptors (Lipinski definition) is 7. The number of nitrogens with two attached hydrogens (primary N) is 2. The Balaban J connectivity index is 1.19. The highest BCUT2D eigenvalue weighted by Gasteiger charge is 2.67. The van der Waals surface area contributed by atoms with E-state index in [9.17, 15) is 18.3 Å². The number of carboxylic acids is 1. The number of rotatable bonds is 9. The summed E-state index contributed by atoms with van der Waals surface area (Å²) in [5, 5.41) is 9.90. The highest BCUT2D eigenvalue weighted by atomic mass is 32.2. The van der Waals surface area contributed by atoms with Crippen molar-refractivity contribution in [1.82, 2.24) is 8.61 Å². The van der Waals surface area contributed by atoms with Gasteiger partial charge >= 0.3 is 13.1 Å².